The minimum Gasteiger partial charge on any atom is -0.478 e. The van der Waals surface area contributed by atoms with E-state index >= 15 is 0 Å². The molecule has 0 unspecified atom stereocenters. The molecule has 5 nitrogen and oxygen atoms in total. The van der Waals surface area contributed by atoms with Crippen LogP contribution in [0.1, 0.15) is 5.56 Å². The van der Waals surface area contributed by atoms with Gasteiger partial charge in [0.2, 0.25) is 5.91 Å². The summed E-state index contributed by atoms with van der Waals surface area (Å²) in [4.78, 5) is 26.2. The number of aliphatic carboxylic acids is 1. The Kier molecular flexibility index (Phi) is 3.56. The van der Waals surface area contributed by atoms with Gasteiger partial charge in [-0.3, -0.25) is 9.78 Å². The van der Waals surface area contributed by atoms with E-state index in [2.05, 4.69) is 10.3 Å². The van der Waals surface area contributed by atoms with Crippen molar-refractivity contribution in [1.82, 2.24) is 4.98 Å². The third-order valence-corrected chi connectivity index (χ3v) is 2.61. The maximum absolute atomic E-state index is 11.6. The van der Waals surface area contributed by atoms with Crippen LogP contribution in [0.25, 0.3) is 10.9 Å². The van der Waals surface area contributed by atoms with Crippen molar-refractivity contribution < 1.29 is 14.7 Å². The van der Waals surface area contributed by atoms with Gasteiger partial charge < -0.3 is 10.4 Å². The van der Waals surface area contributed by atoms with Gasteiger partial charge in [0.1, 0.15) is 0 Å². The van der Waals surface area contributed by atoms with E-state index < -0.39 is 11.9 Å². The predicted molar refractivity (Wildman–Crippen MR) is 71.9 cm³/mol. The molecule has 5 heteroatoms. The lowest BCUT2D eigenvalue weighted by atomic mass is 10.1. The first-order chi connectivity index (χ1) is 9.08. The number of aromatic nitrogens is 1. The zero-order valence-corrected chi connectivity index (χ0v) is 10.3. The maximum atomic E-state index is 11.6. The highest BCUT2D eigenvalue weighted by Crippen LogP contribution is 2.24. The number of fused-ring (bicyclic) bond motifs is 1. The normalized spacial score (nSPS) is 10.8. The van der Waals surface area contributed by atoms with Gasteiger partial charge in [0.25, 0.3) is 0 Å². The Morgan fingerprint density at radius 2 is 2.05 bits per heavy atom. The molecule has 2 aromatic rings. The van der Waals surface area contributed by atoms with Crippen LogP contribution < -0.4 is 5.32 Å². The summed E-state index contributed by atoms with van der Waals surface area (Å²) in [6.45, 7) is 1.94. The number of rotatable bonds is 3. The van der Waals surface area contributed by atoms with Gasteiger partial charge >= 0.3 is 5.97 Å². The minimum absolute atomic E-state index is 0.489. The summed E-state index contributed by atoms with van der Waals surface area (Å²) >= 11 is 0. The van der Waals surface area contributed by atoms with Crippen molar-refractivity contribution in [2.45, 2.75) is 6.92 Å². The molecule has 0 saturated carbocycles. The molecule has 2 N–H and O–H groups in total. The van der Waals surface area contributed by atoms with Crippen molar-refractivity contribution in [1.29, 1.82) is 0 Å². The lowest BCUT2D eigenvalue weighted by Crippen LogP contribution is -2.09. The van der Waals surface area contributed by atoms with E-state index in [4.69, 9.17) is 5.11 Å². The summed E-state index contributed by atoms with van der Waals surface area (Å²) in [6, 6.07) is 7.26. The van der Waals surface area contributed by atoms with E-state index in [9.17, 15) is 9.59 Å². The van der Waals surface area contributed by atoms with Crippen LogP contribution in [0.4, 0.5) is 5.69 Å². The molecule has 19 heavy (non-hydrogen) atoms. The number of benzene rings is 1. The minimum atomic E-state index is -1.16. The summed E-state index contributed by atoms with van der Waals surface area (Å²) < 4.78 is 0. The highest BCUT2D eigenvalue weighted by molar-refractivity contribution is 6.07. The van der Waals surface area contributed by atoms with E-state index in [-0.39, 0.29) is 0 Å². The van der Waals surface area contributed by atoms with Crippen LogP contribution in [0.5, 0.6) is 0 Å². The summed E-state index contributed by atoms with van der Waals surface area (Å²) in [5, 5.41) is 11.9. The van der Waals surface area contributed by atoms with Crippen molar-refractivity contribution in [3.8, 4) is 0 Å². The monoisotopic (exact) mass is 256 g/mol. The van der Waals surface area contributed by atoms with Crippen molar-refractivity contribution in [2.24, 2.45) is 0 Å². The number of anilines is 1. The third kappa shape index (κ3) is 2.95. The molecule has 0 fully saturated rings. The molecule has 0 aliphatic carbocycles. The number of hydrogen-bond acceptors (Lipinski definition) is 3. The number of hydrogen-bond donors (Lipinski definition) is 2. The van der Waals surface area contributed by atoms with Crippen LogP contribution in [-0.4, -0.2) is 22.0 Å². The summed E-state index contributed by atoms with van der Waals surface area (Å²) in [5.41, 5.74) is 2.42. The van der Waals surface area contributed by atoms with Gasteiger partial charge in [-0.05, 0) is 30.7 Å². The second-order valence-electron chi connectivity index (χ2n) is 3.99. The number of pyridine rings is 1. The Labute approximate surface area is 109 Å². The van der Waals surface area contributed by atoms with Gasteiger partial charge in [-0.2, -0.15) is 0 Å². The average Bonchev–Trinajstić information content (AvgIpc) is 2.40. The van der Waals surface area contributed by atoms with E-state index in [1.54, 1.807) is 18.3 Å². The second-order valence-corrected chi connectivity index (χ2v) is 3.99. The Morgan fingerprint density at radius 3 is 2.79 bits per heavy atom. The van der Waals surface area contributed by atoms with E-state index in [0.29, 0.717) is 5.69 Å². The predicted octanol–water partition coefficient (Wildman–Crippen LogP) is 2.12. The first kappa shape index (κ1) is 12.8. The number of carboxylic acid groups (broad SMARTS) is 1. The molecule has 0 aliphatic rings. The van der Waals surface area contributed by atoms with Gasteiger partial charge in [-0.1, -0.05) is 6.07 Å². The summed E-state index contributed by atoms with van der Waals surface area (Å²) in [6.07, 6.45) is 3.46. The molecule has 1 aromatic carbocycles. The molecular weight excluding hydrogens is 244 g/mol. The Morgan fingerprint density at radius 1 is 1.26 bits per heavy atom. The van der Waals surface area contributed by atoms with Crippen LogP contribution in [0, 0.1) is 6.92 Å². The molecule has 0 bridgehead atoms. The molecule has 1 aromatic heterocycles. The molecular formula is C14H12N2O3. The van der Waals surface area contributed by atoms with Crippen molar-refractivity contribution in [3.63, 3.8) is 0 Å². The first-order valence-electron chi connectivity index (χ1n) is 5.64. The van der Waals surface area contributed by atoms with Gasteiger partial charge in [-0.25, -0.2) is 4.79 Å². The Bertz CT molecular complexity index is 677. The number of carboxylic acids is 1. The topological polar surface area (TPSA) is 79.3 Å². The van der Waals surface area contributed by atoms with Crippen molar-refractivity contribution >= 4 is 28.5 Å². The molecule has 0 radical (unpaired) electrons. The zero-order chi connectivity index (χ0) is 13.8. The summed E-state index contributed by atoms with van der Waals surface area (Å²) in [5.74, 6) is -1.65. The number of nitrogens with one attached hydrogen (secondary N) is 1. The van der Waals surface area contributed by atoms with Crippen molar-refractivity contribution in [2.75, 3.05) is 5.32 Å². The number of nitrogens with zero attached hydrogens (tertiary/aromatic N) is 1. The molecule has 1 heterocycles. The highest BCUT2D eigenvalue weighted by atomic mass is 16.4. The maximum Gasteiger partial charge on any atom is 0.328 e. The van der Waals surface area contributed by atoms with Gasteiger partial charge in [0, 0.05) is 23.7 Å². The largest absolute Gasteiger partial charge is 0.478 e. The quantitative estimate of drug-likeness (QED) is 0.824. The fourth-order valence-electron chi connectivity index (χ4n) is 1.74. The zero-order valence-electron chi connectivity index (χ0n) is 10.3. The SMILES string of the molecule is Cc1ccc(NC(=O)/C=C/C(=O)O)c2cccnc12. The van der Waals surface area contributed by atoms with E-state index in [1.165, 1.54) is 0 Å². The smallest absolute Gasteiger partial charge is 0.328 e. The standard InChI is InChI=1S/C14H12N2O3/c1-9-4-5-11(10-3-2-8-15-14(9)10)16-12(17)6-7-13(18)19/h2-8H,1H3,(H,16,17)(H,18,19)/b7-6+. The van der Waals surface area contributed by atoms with Crippen LogP contribution in [0.3, 0.4) is 0 Å². The molecule has 0 saturated heterocycles. The molecule has 1 amide bonds. The van der Waals surface area contributed by atoms with Gasteiger partial charge in [0.05, 0.1) is 11.2 Å². The Balaban J connectivity index is 2.34. The number of aryl methyl sites for hydroxylation is 1. The second kappa shape index (κ2) is 5.30. The van der Waals surface area contributed by atoms with Crippen LogP contribution in [0.2, 0.25) is 0 Å². The van der Waals surface area contributed by atoms with Gasteiger partial charge in [0.15, 0.2) is 0 Å². The molecule has 0 aliphatic heterocycles. The fraction of sp³-hybridized carbons (Fsp3) is 0.0714. The van der Waals surface area contributed by atoms with E-state index in [0.717, 1.165) is 28.6 Å². The fourth-order valence-corrected chi connectivity index (χ4v) is 1.74. The third-order valence-electron chi connectivity index (χ3n) is 2.61. The van der Waals surface area contributed by atoms with Crippen LogP contribution >= 0.6 is 0 Å². The number of carbonyl (C=O) groups excluding carboxylic acids is 1. The molecule has 0 spiro atoms. The Hall–Kier alpha value is -2.69. The number of carbonyl (C=O) groups is 2. The molecule has 2 rings (SSSR count). The van der Waals surface area contributed by atoms with Crippen molar-refractivity contribution in [3.05, 3.63) is 48.2 Å². The first-order valence-corrected chi connectivity index (χ1v) is 5.64. The highest BCUT2D eigenvalue weighted by Gasteiger charge is 2.06. The average molecular weight is 256 g/mol. The number of amides is 1. The lowest BCUT2D eigenvalue weighted by Gasteiger charge is -2.08. The summed E-state index contributed by atoms with van der Waals surface area (Å²) in [7, 11) is 0. The van der Waals surface area contributed by atoms with Gasteiger partial charge in [-0.15, -0.1) is 0 Å². The molecule has 96 valence electrons. The van der Waals surface area contributed by atoms with Crippen LogP contribution in [-0.2, 0) is 9.59 Å². The molecule has 0 atom stereocenters. The van der Waals surface area contributed by atoms with E-state index in [1.807, 2.05) is 19.1 Å². The lowest BCUT2D eigenvalue weighted by molar-refractivity contribution is -0.131. The van der Waals surface area contributed by atoms with Crippen LogP contribution in [0.15, 0.2) is 42.6 Å².